The Morgan fingerprint density at radius 2 is 1.86 bits per heavy atom. The number of hydrogen-bond donors (Lipinski definition) is 0. The largest absolute Gasteiger partial charge is 0.286 e. The van der Waals surface area contributed by atoms with Crippen LogP contribution in [0.3, 0.4) is 0 Å². The third kappa shape index (κ3) is 2.34. The fourth-order valence-electron chi connectivity index (χ4n) is 1.83. The maximum absolute atomic E-state index is 3.93. The highest BCUT2D eigenvalue weighted by molar-refractivity contribution is 5.48. The third-order valence-electron chi connectivity index (χ3n) is 2.85. The van der Waals surface area contributed by atoms with Crippen LogP contribution >= 0.6 is 0 Å². The average molecular weight is 190 g/mol. The van der Waals surface area contributed by atoms with Crippen molar-refractivity contribution >= 4 is 0 Å². The van der Waals surface area contributed by atoms with E-state index in [9.17, 15) is 0 Å². The number of hydrogen-bond acceptors (Lipinski definition) is 2. The zero-order valence-corrected chi connectivity index (χ0v) is 8.71. The molecule has 0 N–H and O–H groups in total. The molecule has 2 nitrogen and oxygen atoms in total. The maximum atomic E-state index is 3.93. The topological polar surface area (TPSA) is 6.48 Å². The lowest BCUT2D eigenvalue weighted by Crippen LogP contribution is -2.25. The first-order valence-corrected chi connectivity index (χ1v) is 5.22. The number of rotatable bonds is 4. The van der Waals surface area contributed by atoms with E-state index in [1.165, 1.54) is 24.2 Å². The van der Waals surface area contributed by atoms with Gasteiger partial charge in [-0.1, -0.05) is 18.7 Å². The van der Waals surface area contributed by atoms with Crippen molar-refractivity contribution < 1.29 is 0 Å². The highest BCUT2D eigenvalue weighted by atomic mass is 15.4. The van der Waals surface area contributed by atoms with Crippen LogP contribution in [0.25, 0.3) is 0 Å². The third-order valence-corrected chi connectivity index (χ3v) is 2.85. The molecule has 1 saturated carbocycles. The van der Waals surface area contributed by atoms with Gasteiger partial charge in [-0.05, 0) is 17.6 Å². The van der Waals surface area contributed by atoms with Crippen LogP contribution in [0.2, 0.25) is 0 Å². The summed E-state index contributed by atoms with van der Waals surface area (Å²) in [7, 11) is 0. The SMILES string of the molecule is C=CCN1CCN(C/C=C2\CC2=C)C1. The van der Waals surface area contributed by atoms with Gasteiger partial charge in [0, 0.05) is 26.2 Å². The van der Waals surface area contributed by atoms with Gasteiger partial charge in [0.25, 0.3) is 0 Å². The molecule has 0 unspecified atom stereocenters. The summed E-state index contributed by atoms with van der Waals surface area (Å²) in [4.78, 5) is 4.87. The van der Waals surface area contributed by atoms with E-state index >= 15 is 0 Å². The second kappa shape index (κ2) is 4.11. The normalized spacial score (nSPS) is 26.0. The van der Waals surface area contributed by atoms with Crippen LogP contribution < -0.4 is 0 Å². The molecule has 0 spiro atoms. The van der Waals surface area contributed by atoms with Crippen molar-refractivity contribution in [1.29, 1.82) is 0 Å². The molecule has 0 bridgehead atoms. The molecule has 2 rings (SSSR count). The molecule has 2 fully saturated rings. The lowest BCUT2D eigenvalue weighted by molar-refractivity contribution is 0.279. The lowest BCUT2D eigenvalue weighted by Gasteiger charge is -2.14. The molecule has 1 aliphatic carbocycles. The monoisotopic (exact) mass is 190 g/mol. The first kappa shape index (κ1) is 9.69. The first-order valence-electron chi connectivity index (χ1n) is 5.22. The van der Waals surface area contributed by atoms with Gasteiger partial charge in [0.2, 0.25) is 0 Å². The fourth-order valence-corrected chi connectivity index (χ4v) is 1.83. The quantitative estimate of drug-likeness (QED) is 0.622. The summed E-state index contributed by atoms with van der Waals surface area (Å²) in [6.45, 7) is 13.2. The molecular weight excluding hydrogens is 172 g/mol. The zero-order valence-electron chi connectivity index (χ0n) is 8.71. The van der Waals surface area contributed by atoms with Gasteiger partial charge in [0.1, 0.15) is 0 Å². The van der Waals surface area contributed by atoms with E-state index in [4.69, 9.17) is 0 Å². The fraction of sp³-hybridized carbons (Fsp3) is 0.500. The Hall–Kier alpha value is -0.860. The van der Waals surface area contributed by atoms with Crippen LogP contribution in [-0.2, 0) is 0 Å². The highest BCUT2D eigenvalue weighted by Gasteiger charge is 2.20. The molecule has 0 aromatic heterocycles. The van der Waals surface area contributed by atoms with E-state index in [0.717, 1.165) is 26.2 Å². The van der Waals surface area contributed by atoms with Gasteiger partial charge in [-0.3, -0.25) is 9.80 Å². The maximum Gasteiger partial charge on any atom is 0.0513 e. The second-order valence-corrected chi connectivity index (χ2v) is 4.09. The molecule has 0 aromatic rings. The van der Waals surface area contributed by atoms with E-state index in [1.54, 1.807) is 0 Å². The molecule has 1 saturated heterocycles. The van der Waals surface area contributed by atoms with Gasteiger partial charge in [0.15, 0.2) is 0 Å². The van der Waals surface area contributed by atoms with E-state index in [-0.39, 0.29) is 0 Å². The van der Waals surface area contributed by atoms with Crippen LogP contribution in [0.15, 0.2) is 36.5 Å². The van der Waals surface area contributed by atoms with Crippen molar-refractivity contribution in [3.05, 3.63) is 36.5 Å². The van der Waals surface area contributed by atoms with E-state index < -0.39 is 0 Å². The smallest absolute Gasteiger partial charge is 0.0513 e. The van der Waals surface area contributed by atoms with E-state index in [1.807, 2.05) is 6.08 Å². The van der Waals surface area contributed by atoms with Gasteiger partial charge in [-0.15, -0.1) is 6.58 Å². The summed E-state index contributed by atoms with van der Waals surface area (Å²) in [6, 6.07) is 0. The second-order valence-electron chi connectivity index (χ2n) is 4.09. The van der Waals surface area contributed by atoms with Crippen molar-refractivity contribution in [3.63, 3.8) is 0 Å². The Morgan fingerprint density at radius 1 is 1.21 bits per heavy atom. The molecule has 1 aliphatic heterocycles. The average Bonchev–Trinajstić information content (AvgIpc) is 2.69. The van der Waals surface area contributed by atoms with E-state index in [0.29, 0.717) is 0 Å². The Kier molecular flexibility index (Phi) is 2.85. The highest BCUT2D eigenvalue weighted by Crippen LogP contribution is 2.34. The van der Waals surface area contributed by atoms with Crippen LogP contribution in [-0.4, -0.2) is 42.6 Å². The molecule has 2 aliphatic rings. The van der Waals surface area contributed by atoms with Crippen molar-refractivity contribution in [2.24, 2.45) is 0 Å². The van der Waals surface area contributed by atoms with Gasteiger partial charge >= 0.3 is 0 Å². The minimum absolute atomic E-state index is 1.01. The van der Waals surface area contributed by atoms with Crippen molar-refractivity contribution in [2.75, 3.05) is 32.8 Å². The molecule has 2 heteroatoms. The Morgan fingerprint density at radius 3 is 2.43 bits per heavy atom. The zero-order chi connectivity index (χ0) is 9.97. The molecule has 14 heavy (non-hydrogen) atoms. The lowest BCUT2D eigenvalue weighted by atomic mass is 10.4. The first-order chi connectivity index (χ1) is 6.79. The van der Waals surface area contributed by atoms with Crippen molar-refractivity contribution in [3.8, 4) is 0 Å². The molecule has 1 heterocycles. The number of allylic oxidation sites excluding steroid dienone is 2. The van der Waals surface area contributed by atoms with Gasteiger partial charge in [-0.25, -0.2) is 0 Å². The summed E-state index contributed by atoms with van der Waals surface area (Å²) < 4.78 is 0. The van der Waals surface area contributed by atoms with Crippen molar-refractivity contribution in [1.82, 2.24) is 9.80 Å². The Labute approximate surface area is 86.2 Å². The van der Waals surface area contributed by atoms with Gasteiger partial charge < -0.3 is 0 Å². The summed E-state index contributed by atoms with van der Waals surface area (Å²) in [5, 5.41) is 0. The molecule has 0 aromatic carbocycles. The van der Waals surface area contributed by atoms with E-state index in [2.05, 4.69) is 29.0 Å². The van der Waals surface area contributed by atoms with Gasteiger partial charge in [-0.2, -0.15) is 0 Å². The standard InChI is InChI=1S/C12H18N2/c1-3-5-13-7-8-14(10-13)6-4-12-9-11(12)2/h3-4H,1-2,5-10H2/b12-4+. The predicted molar refractivity (Wildman–Crippen MR) is 60.1 cm³/mol. The summed E-state index contributed by atoms with van der Waals surface area (Å²) in [5.41, 5.74) is 2.79. The molecule has 0 radical (unpaired) electrons. The van der Waals surface area contributed by atoms with Crippen LogP contribution in [0.5, 0.6) is 0 Å². The minimum Gasteiger partial charge on any atom is -0.286 e. The van der Waals surface area contributed by atoms with Crippen LogP contribution in [0.1, 0.15) is 6.42 Å². The predicted octanol–water partition coefficient (Wildman–Crippen LogP) is 1.63. The molecular formula is C12H18N2. The molecule has 0 atom stereocenters. The van der Waals surface area contributed by atoms with Crippen LogP contribution in [0, 0.1) is 0 Å². The van der Waals surface area contributed by atoms with Gasteiger partial charge in [0.05, 0.1) is 6.67 Å². The minimum atomic E-state index is 1.01. The summed E-state index contributed by atoms with van der Waals surface area (Å²) in [6.07, 6.45) is 5.44. The van der Waals surface area contributed by atoms with Crippen LogP contribution in [0.4, 0.5) is 0 Å². The Bertz CT molecular complexity index is 278. The number of nitrogens with zero attached hydrogens (tertiary/aromatic N) is 2. The Balaban J connectivity index is 1.73. The van der Waals surface area contributed by atoms with Crippen molar-refractivity contribution in [2.45, 2.75) is 6.42 Å². The summed E-state index contributed by atoms with van der Waals surface area (Å²) >= 11 is 0. The summed E-state index contributed by atoms with van der Waals surface area (Å²) in [5.74, 6) is 0. The molecule has 0 amide bonds. The molecule has 76 valence electrons.